The Morgan fingerprint density at radius 2 is 1.62 bits per heavy atom. The number of rotatable bonds is 4. The molecule has 4 heterocycles. The molecule has 2 aliphatic rings. The third kappa shape index (κ3) is 3.94. The van der Waals surface area contributed by atoms with Crippen LogP contribution < -0.4 is 5.56 Å². The smallest absolute Gasteiger partial charge is 0.409 e. The molecule has 190 valence electrons. The van der Waals surface area contributed by atoms with Gasteiger partial charge < -0.3 is 19.1 Å². The van der Waals surface area contributed by atoms with Crippen molar-refractivity contribution in [3.63, 3.8) is 0 Å². The summed E-state index contributed by atoms with van der Waals surface area (Å²) >= 11 is 0. The van der Waals surface area contributed by atoms with E-state index < -0.39 is 0 Å². The van der Waals surface area contributed by atoms with E-state index in [4.69, 9.17) is 9.72 Å². The van der Waals surface area contributed by atoms with Crippen LogP contribution >= 0.6 is 0 Å². The number of benzene rings is 2. The van der Waals surface area contributed by atoms with Crippen molar-refractivity contribution in [2.24, 2.45) is 0 Å². The summed E-state index contributed by atoms with van der Waals surface area (Å²) in [7, 11) is 0. The minimum atomic E-state index is -0.325. The van der Waals surface area contributed by atoms with Crippen LogP contribution in [0.5, 0.6) is 0 Å². The SMILES string of the molecule is CCOC(=O)N1CCN(C(=O)CCn2c3c(c4ccccc42)CCn2c-3nc3ccccc3c2=O)CC1. The lowest BCUT2D eigenvalue weighted by molar-refractivity contribution is -0.133. The lowest BCUT2D eigenvalue weighted by Crippen LogP contribution is -2.50. The monoisotopic (exact) mass is 499 g/mol. The quantitative estimate of drug-likeness (QED) is 0.430. The van der Waals surface area contributed by atoms with Gasteiger partial charge in [0.2, 0.25) is 5.91 Å². The van der Waals surface area contributed by atoms with E-state index in [9.17, 15) is 14.4 Å². The van der Waals surface area contributed by atoms with E-state index >= 15 is 0 Å². The number of aromatic nitrogens is 3. The Kier molecular flexibility index (Phi) is 5.90. The molecule has 4 aromatic rings. The van der Waals surface area contributed by atoms with Gasteiger partial charge in [-0.1, -0.05) is 30.3 Å². The largest absolute Gasteiger partial charge is 0.450 e. The second kappa shape index (κ2) is 9.38. The summed E-state index contributed by atoms with van der Waals surface area (Å²) in [4.78, 5) is 46.9. The van der Waals surface area contributed by atoms with Crippen molar-refractivity contribution in [2.45, 2.75) is 32.9 Å². The molecule has 37 heavy (non-hydrogen) atoms. The van der Waals surface area contributed by atoms with Crippen LogP contribution in [0.15, 0.2) is 53.3 Å². The molecule has 2 aromatic carbocycles. The summed E-state index contributed by atoms with van der Waals surface area (Å²) in [6.45, 7) is 5.12. The number of fused-ring (bicyclic) bond motifs is 6. The van der Waals surface area contributed by atoms with Crippen LogP contribution in [0.1, 0.15) is 18.9 Å². The van der Waals surface area contributed by atoms with E-state index in [1.165, 1.54) is 5.56 Å². The number of hydrogen-bond acceptors (Lipinski definition) is 5. The molecular formula is C28H29N5O4. The van der Waals surface area contributed by atoms with Crippen molar-refractivity contribution in [2.75, 3.05) is 32.8 Å². The van der Waals surface area contributed by atoms with Crippen molar-refractivity contribution in [1.82, 2.24) is 23.9 Å². The third-order valence-corrected chi connectivity index (χ3v) is 7.44. The second-order valence-electron chi connectivity index (χ2n) is 9.47. The fourth-order valence-electron chi connectivity index (χ4n) is 5.61. The van der Waals surface area contributed by atoms with Gasteiger partial charge in [-0.25, -0.2) is 9.78 Å². The number of piperazine rings is 1. The Morgan fingerprint density at radius 1 is 0.919 bits per heavy atom. The van der Waals surface area contributed by atoms with Crippen LogP contribution in [0.3, 0.4) is 0 Å². The van der Waals surface area contributed by atoms with Gasteiger partial charge in [-0.15, -0.1) is 0 Å². The summed E-state index contributed by atoms with van der Waals surface area (Å²) < 4.78 is 9.01. The number of para-hydroxylation sites is 2. The van der Waals surface area contributed by atoms with E-state index in [1.54, 1.807) is 16.4 Å². The standard InChI is InChI=1S/C28H29N5O4/c1-2-37-28(36)31-17-15-30(16-18-31)24(34)12-14-32-23-10-6-4-7-19(23)20-11-13-33-26(25(20)32)29-22-9-5-3-8-21(22)27(33)35/h3-10H,2,11-18H2,1H3. The van der Waals surface area contributed by atoms with Gasteiger partial charge in [0.05, 0.1) is 23.2 Å². The normalized spacial score (nSPS) is 15.1. The first-order valence-electron chi connectivity index (χ1n) is 12.9. The first kappa shape index (κ1) is 23.3. The van der Waals surface area contributed by atoms with E-state index in [-0.39, 0.29) is 17.6 Å². The second-order valence-corrected chi connectivity index (χ2v) is 9.47. The Hall–Kier alpha value is -4.14. The third-order valence-electron chi connectivity index (χ3n) is 7.44. The topological polar surface area (TPSA) is 89.7 Å². The van der Waals surface area contributed by atoms with Gasteiger partial charge in [-0.05, 0) is 37.1 Å². The Labute approximate surface area is 213 Å². The van der Waals surface area contributed by atoms with Crippen LogP contribution in [0.25, 0.3) is 33.3 Å². The lowest BCUT2D eigenvalue weighted by atomic mass is 10.0. The number of aryl methyl sites for hydroxylation is 2. The molecule has 1 saturated heterocycles. The number of ether oxygens (including phenoxy) is 1. The van der Waals surface area contributed by atoms with Crippen LogP contribution in [0.4, 0.5) is 4.79 Å². The average molecular weight is 500 g/mol. The average Bonchev–Trinajstić information content (AvgIpc) is 3.26. The van der Waals surface area contributed by atoms with Gasteiger partial charge in [0.1, 0.15) is 0 Å². The van der Waals surface area contributed by atoms with Crippen molar-refractivity contribution in [3.8, 4) is 11.5 Å². The van der Waals surface area contributed by atoms with Gasteiger partial charge in [0.25, 0.3) is 5.56 Å². The Balaban J connectivity index is 1.31. The molecule has 0 unspecified atom stereocenters. The highest BCUT2D eigenvalue weighted by Gasteiger charge is 2.29. The zero-order chi connectivity index (χ0) is 25.5. The maximum atomic E-state index is 13.3. The summed E-state index contributed by atoms with van der Waals surface area (Å²) in [5.74, 6) is 0.714. The van der Waals surface area contributed by atoms with Crippen LogP contribution in [-0.2, 0) is 29.0 Å². The van der Waals surface area contributed by atoms with Crippen molar-refractivity contribution in [3.05, 3.63) is 64.4 Å². The summed E-state index contributed by atoms with van der Waals surface area (Å²) in [6, 6.07) is 15.7. The highest BCUT2D eigenvalue weighted by Crippen LogP contribution is 2.36. The maximum Gasteiger partial charge on any atom is 0.409 e. The summed E-state index contributed by atoms with van der Waals surface area (Å²) in [6.07, 6.45) is 0.732. The zero-order valence-electron chi connectivity index (χ0n) is 20.9. The molecule has 0 bridgehead atoms. The minimum absolute atomic E-state index is 0.0291. The molecular weight excluding hydrogens is 470 g/mol. The molecule has 2 aromatic heterocycles. The summed E-state index contributed by atoms with van der Waals surface area (Å²) in [5.41, 5.74) is 3.80. The predicted octanol–water partition coefficient (Wildman–Crippen LogP) is 3.27. The van der Waals surface area contributed by atoms with Gasteiger partial charge >= 0.3 is 6.09 Å². The molecule has 0 radical (unpaired) electrons. The van der Waals surface area contributed by atoms with Gasteiger partial charge in [0.15, 0.2) is 5.82 Å². The first-order valence-corrected chi connectivity index (χ1v) is 12.9. The number of amides is 2. The van der Waals surface area contributed by atoms with Crippen molar-refractivity contribution >= 4 is 33.8 Å². The van der Waals surface area contributed by atoms with Gasteiger partial charge in [0, 0.05) is 56.6 Å². The highest BCUT2D eigenvalue weighted by molar-refractivity contribution is 5.92. The van der Waals surface area contributed by atoms with E-state index in [1.807, 2.05) is 41.3 Å². The molecule has 0 spiro atoms. The van der Waals surface area contributed by atoms with Crippen molar-refractivity contribution in [1.29, 1.82) is 0 Å². The molecule has 2 amide bonds. The molecule has 0 atom stereocenters. The fraction of sp³-hybridized carbons (Fsp3) is 0.357. The fourth-order valence-corrected chi connectivity index (χ4v) is 5.61. The molecule has 1 fully saturated rings. The van der Waals surface area contributed by atoms with E-state index in [0.717, 1.165) is 23.0 Å². The molecule has 6 rings (SSSR count). The summed E-state index contributed by atoms with van der Waals surface area (Å²) in [5, 5.41) is 1.76. The Bertz CT molecular complexity index is 1580. The molecule has 9 nitrogen and oxygen atoms in total. The van der Waals surface area contributed by atoms with Gasteiger partial charge in [-0.2, -0.15) is 0 Å². The first-order chi connectivity index (χ1) is 18.1. The highest BCUT2D eigenvalue weighted by atomic mass is 16.6. The van der Waals surface area contributed by atoms with Crippen LogP contribution in [0.2, 0.25) is 0 Å². The predicted molar refractivity (Wildman–Crippen MR) is 140 cm³/mol. The number of carbonyl (C=O) groups is 2. The Morgan fingerprint density at radius 3 is 2.41 bits per heavy atom. The number of hydrogen-bond donors (Lipinski definition) is 0. The zero-order valence-corrected chi connectivity index (χ0v) is 20.9. The molecule has 0 saturated carbocycles. The molecule has 2 aliphatic heterocycles. The maximum absolute atomic E-state index is 13.3. The number of carbonyl (C=O) groups excluding carboxylic acids is 2. The molecule has 0 aliphatic carbocycles. The van der Waals surface area contributed by atoms with Crippen LogP contribution in [-0.4, -0.2) is 68.7 Å². The number of nitrogens with zero attached hydrogens (tertiary/aromatic N) is 5. The minimum Gasteiger partial charge on any atom is -0.450 e. The van der Waals surface area contributed by atoms with E-state index in [0.29, 0.717) is 69.0 Å². The van der Waals surface area contributed by atoms with Crippen LogP contribution in [0, 0.1) is 0 Å². The van der Waals surface area contributed by atoms with E-state index in [2.05, 4.69) is 16.7 Å². The molecule has 0 N–H and O–H groups in total. The van der Waals surface area contributed by atoms with Gasteiger partial charge in [-0.3, -0.25) is 14.2 Å². The molecule has 9 heteroatoms. The lowest BCUT2D eigenvalue weighted by Gasteiger charge is -2.34. The van der Waals surface area contributed by atoms with Crippen molar-refractivity contribution < 1.29 is 14.3 Å².